The quantitative estimate of drug-likeness (QED) is 0.241. The molecule has 0 unspecified atom stereocenters. The molecule has 0 bridgehead atoms. The summed E-state index contributed by atoms with van der Waals surface area (Å²) in [6.45, 7) is 5.80. The highest BCUT2D eigenvalue weighted by atomic mass is 16.6. The number of carbonyl (C=O) groups excluding carboxylic acids is 4. The van der Waals surface area contributed by atoms with Gasteiger partial charge in [0.25, 0.3) is 5.91 Å². The summed E-state index contributed by atoms with van der Waals surface area (Å²) in [7, 11) is 1.80. The molecular weight excluding hydrogens is 524 g/mol. The minimum atomic E-state index is -0.873. The number of para-hydroxylation sites is 1. The van der Waals surface area contributed by atoms with Crippen LogP contribution in [0.5, 0.6) is 0 Å². The van der Waals surface area contributed by atoms with Crippen molar-refractivity contribution in [1.82, 2.24) is 20.5 Å². The van der Waals surface area contributed by atoms with Crippen molar-refractivity contribution in [1.29, 1.82) is 0 Å². The van der Waals surface area contributed by atoms with Gasteiger partial charge in [0.05, 0.1) is 5.92 Å². The van der Waals surface area contributed by atoms with Gasteiger partial charge in [0.15, 0.2) is 0 Å². The van der Waals surface area contributed by atoms with Crippen LogP contribution in [-0.2, 0) is 32.7 Å². The summed E-state index contributed by atoms with van der Waals surface area (Å²) >= 11 is 0. The molecule has 0 saturated heterocycles. The van der Waals surface area contributed by atoms with Crippen LogP contribution < -0.4 is 16.0 Å². The predicted octanol–water partition coefficient (Wildman–Crippen LogP) is 3.83. The first-order chi connectivity index (χ1) is 19.5. The summed E-state index contributed by atoms with van der Waals surface area (Å²) in [5.41, 5.74) is 1.58. The molecule has 3 aromatic rings. The summed E-state index contributed by atoms with van der Waals surface area (Å²) in [5, 5.41) is 9.34. The molecule has 0 spiro atoms. The van der Waals surface area contributed by atoms with Crippen LogP contribution in [0.2, 0.25) is 0 Å². The first-order valence-electron chi connectivity index (χ1n) is 13.8. The van der Waals surface area contributed by atoms with Gasteiger partial charge in [-0.25, -0.2) is 4.79 Å². The maximum atomic E-state index is 13.3. The van der Waals surface area contributed by atoms with E-state index < -0.39 is 29.6 Å². The largest absolute Gasteiger partial charge is 0.460 e. The van der Waals surface area contributed by atoms with Crippen LogP contribution in [0.25, 0.3) is 10.9 Å². The lowest BCUT2D eigenvalue weighted by molar-refractivity contribution is -0.156. The van der Waals surface area contributed by atoms with E-state index in [2.05, 4.69) is 16.0 Å². The number of carbonyl (C=O) groups is 4. The fraction of sp³-hybridized carbons (Fsp3) is 0.419. The van der Waals surface area contributed by atoms with Gasteiger partial charge < -0.3 is 30.0 Å². The zero-order valence-corrected chi connectivity index (χ0v) is 23.9. The molecule has 0 aliphatic heterocycles. The number of hydrogen-bond acceptors (Lipinski definition) is 6. The minimum Gasteiger partial charge on any atom is -0.460 e. The number of rotatable bonds is 11. The van der Waals surface area contributed by atoms with Crippen LogP contribution in [0.3, 0.4) is 0 Å². The first-order valence-corrected chi connectivity index (χ1v) is 13.8. The third kappa shape index (κ3) is 8.33. The first kappa shape index (κ1) is 29.6. The molecule has 218 valence electrons. The van der Waals surface area contributed by atoms with Gasteiger partial charge in [0.1, 0.15) is 23.9 Å². The standard InChI is InChI=1S/C31H38N4O6/c1-31(2,3)41-29(38)22-18-24(22)34-27(36)23(14-10-16-32-30(39)40-19-20-11-6-5-7-12-20)33-28(37)26-17-21-13-8-9-15-25(21)35(26)4/h5-9,11-13,15,17,22-24H,10,14,16,18-19H2,1-4H3,(H,32,39)(H,33,37)(H,34,36)/t22-,23+,24+/m1/s1. The van der Waals surface area contributed by atoms with E-state index in [0.29, 0.717) is 18.5 Å². The van der Waals surface area contributed by atoms with E-state index in [9.17, 15) is 19.2 Å². The van der Waals surface area contributed by atoms with Crippen molar-refractivity contribution in [3.05, 3.63) is 71.9 Å². The Morgan fingerprint density at radius 1 is 1.02 bits per heavy atom. The summed E-state index contributed by atoms with van der Waals surface area (Å²) in [5.74, 6) is -1.54. The molecular formula is C31H38N4O6. The van der Waals surface area contributed by atoms with E-state index >= 15 is 0 Å². The number of esters is 1. The zero-order chi connectivity index (χ0) is 29.6. The number of alkyl carbamates (subject to hydrolysis) is 1. The highest BCUT2D eigenvalue weighted by Gasteiger charge is 2.47. The molecule has 2 aromatic carbocycles. The number of nitrogens with one attached hydrogen (secondary N) is 3. The molecule has 1 aliphatic rings. The van der Waals surface area contributed by atoms with Gasteiger partial charge in [-0.3, -0.25) is 14.4 Å². The van der Waals surface area contributed by atoms with Crippen LogP contribution in [0.1, 0.15) is 56.1 Å². The topological polar surface area (TPSA) is 128 Å². The van der Waals surface area contributed by atoms with Crippen LogP contribution in [0.15, 0.2) is 60.7 Å². The molecule has 1 aromatic heterocycles. The van der Waals surface area contributed by atoms with Crippen LogP contribution >= 0.6 is 0 Å². The zero-order valence-electron chi connectivity index (χ0n) is 23.9. The molecule has 10 nitrogen and oxygen atoms in total. The lowest BCUT2D eigenvalue weighted by Gasteiger charge is -2.20. The third-order valence-electron chi connectivity index (χ3n) is 6.79. The Morgan fingerprint density at radius 2 is 1.73 bits per heavy atom. The molecule has 3 N–H and O–H groups in total. The lowest BCUT2D eigenvalue weighted by Crippen LogP contribution is -2.48. The Labute approximate surface area is 239 Å². The summed E-state index contributed by atoms with van der Waals surface area (Å²) in [4.78, 5) is 51.0. The van der Waals surface area contributed by atoms with Crippen molar-refractivity contribution in [2.45, 2.75) is 64.3 Å². The number of ether oxygens (including phenoxy) is 2. The molecule has 1 aliphatic carbocycles. The molecule has 1 fully saturated rings. The normalized spacial score (nSPS) is 16.9. The Kier molecular flexibility index (Phi) is 9.31. The summed E-state index contributed by atoms with van der Waals surface area (Å²) in [6.07, 6.45) is 0.602. The molecule has 3 amide bonds. The van der Waals surface area contributed by atoms with Gasteiger partial charge >= 0.3 is 12.1 Å². The number of aryl methyl sites for hydroxylation is 1. The van der Waals surface area contributed by atoms with Crippen LogP contribution in [0, 0.1) is 5.92 Å². The van der Waals surface area contributed by atoms with Crippen LogP contribution in [-0.4, -0.2) is 52.7 Å². The van der Waals surface area contributed by atoms with Gasteiger partial charge in [-0.05, 0) is 57.7 Å². The minimum absolute atomic E-state index is 0.152. The van der Waals surface area contributed by atoms with E-state index in [0.717, 1.165) is 16.5 Å². The number of fused-ring (bicyclic) bond motifs is 1. The predicted molar refractivity (Wildman–Crippen MR) is 154 cm³/mol. The van der Waals surface area contributed by atoms with Crippen LogP contribution in [0.4, 0.5) is 4.79 Å². The molecule has 1 heterocycles. The summed E-state index contributed by atoms with van der Waals surface area (Å²) < 4.78 is 12.4. The number of benzene rings is 2. The molecule has 41 heavy (non-hydrogen) atoms. The molecule has 10 heteroatoms. The lowest BCUT2D eigenvalue weighted by atomic mass is 10.1. The molecule has 3 atom stereocenters. The van der Waals surface area contributed by atoms with Gasteiger partial charge in [-0.1, -0.05) is 48.5 Å². The number of amides is 3. The smallest absolute Gasteiger partial charge is 0.407 e. The fourth-order valence-corrected chi connectivity index (χ4v) is 4.55. The number of nitrogens with zero attached hydrogens (tertiary/aromatic N) is 1. The number of hydrogen-bond donors (Lipinski definition) is 3. The van der Waals surface area contributed by atoms with E-state index in [1.165, 1.54) is 0 Å². The number of aromatic nitrogens is 1. The molecule has 4 rings (SSSR count). The fourth-order valence-electron chi connectivity index (χ4n) is 4.55. The third-order valence-corrected chi connectivity index (χ3v) is 6.79. The Morgan fingerprint density at radius 3 is 2.44 bits per heavy atom. The van der Waals surface area contributed by atoms with Gasteiger partial charge in [0.2, 0.25) is 5.91 Å². The van der Waals surface area contributed by atoms with E-state index in [1.54, 1.807) is 38.5 Å². The van der Waals surface area contributed by atoms with E-state index in [-0.39, 0.29) is 37.5 Å². The van der Waals surface area contributed by atoms with Gasteiger partial charge in [-0.15, -0.1) is 0 Å². The SMILES string of the molecule is Cn1c(C(=O)N[C@@H](CCCNC(=O)OCc2ccccc2)C(=O)N[C@H]2C[C@H]2C(=O)OC(C)(C)C)cc2ccccc21. The van der Waals surface area contributed by atoms with E-state index in [1.807, 2.05) is 54.6 Å². The van der Waals surface area contributed by atoms with Crippen molar-refractivity contribution in [2.24, 2.45) is 13.0 Å². The molecule has 1 saturated carbocycles. The Balaban J connectivity index is 1.34. The van der Waals surface area contributed by atoms with Crippen molar-refractivity contribution in [3.63, 3.8) is 0 Å². The second-order valence-corrected chi connectivity index (χ2v) is 11.3. The van der Waals surface area contributed by atoms with Gasteiger partial charge in [0, 0.05) is 30.5 Å². The second kappa shape index (κ2) is 12.9. The maximum Gasteiger partial charge on any atom is 0.407 e. The van der Waals surface area contributed by atoms with E-state index in [4.69, 9.17) is 9.47 Å². The molecule has 0 radical (unpaired) electrons. The van der Waals surface area contributed by atoms with Crippen molar-refractivity contribution in [2.75, 3.05) is 6.54 Å². The monoisotopic (exact) mass is 562 g/mol. The highest BCUT2D eigenvalue weighted by molar-refractivity contribution is 6.01. The highest BCUT2D eigenvalue weighted by Crippen LogP contribution is 2.33. The average molecular weight is 563 g/mol. The Bertz CT molecular complexity index is 1390. The van der Waals surface area contributed by atoms with Crippen molar-refractivity contribution >= 4 is 34.8 Å². The Hall–Kier alpha value is -4.34. The van der Waals surface area contributed by atoms with Crippen molar-refractivity contribution in [3.8, 4) is 0 Å². The second-order valence-electron chi connectivity index (χ2n) is 11.3. The summed E-state index contributed by atoms with van der Waals surface area (Å²) in [6, 6.07) is 17.5. The van der Waals surface area contributed by atoms with Gasteiger partial charge in [-0.2, -0.15) is 0 Å². The van der Waals surface area contributed by atoms with Crippen molar-refractivity contribution < 1.29 is 28.7 Å². The average Bonchev–Trinajstić information content (AvgIpc) is 3.62. The maximum absolute atomic E-state index is 13.3.